The summed E-state index contributed by atoms with van der Waals surface area (Å²) < 4.78 is 72.1. The van der Waals surface area contributed by atoms with Gasteiger partial charge in [-0.3, -0.25) is 0 Å². The molecule has 0 saturated carbocycles. The molecular formula is C6H3F4NO3S. The van der Waals surface area contributed by atoms with Crippen LogP contribution in [0.1, 0.15) is 0 Å². The number of alkyl halides is 3. The minimum absolute atomic E-state index is 0.529. The number of hydrogen-bond acceptors (Lipinski definition) is 4. The van der Waals surface area contributed by atoms with E-state index < -0.39 is 27.3 Å². The molecule has 0 spiro atoms. The molecule has 9 heteroatoms. The van der Waals surface area contributed by atoms with Crippen LogP contribution in [-0.4, -0.2) is 18.9 Å². The molecule has 0 aliphatic heterocycles. The number of rotatable bonds is 2. The van der Waals surface area contributed by atoms with Gasteiger partial charge in [0.2, 0.25) is 5.88 Å². The van der Waals surface area contributed by atoms with Gasteiger partial charge in [-0.05, 0) is 6.07 Å². The van der Waals surface area contributed by atoms with E-state index in [1.54, 1.807) is 0 Å². The minimum atomic E-state index is -5.75. The molecule has 1 rings (SSSR count). The Kier molecular flexibility index (Phi) is 2.84. The van der Waals surface area contributed by atoms with Crippen LogP contribution in [0, 0.1) is 5.82 Å². The highest BCUT2D eigenvalue weighted by Crippen LogP contribution is 2.25. The standard InChI is InChI=1S/C6H3F4NO3S/c7-4-1-2-5(11-3-4)14-15(12,13)6(8,9)10/h1-3H. The smallest absolute Gasteiger partial charge is 0.355 e. The zero-order valence-electron chi connectivity index (χ0n) is 6.82. The molecule has 0 aromatic carbocycles. The number of aromatic nitrogens is 1. The summed E-state index contributed by atoms with van der Waals surface area (Å²) in [5, 5.41) is 0. The molecule has 0 bridgehead atoms. The minimum Gasteiger partial charge on any atom is -0.355 e. The zero-order valence-corrected chi connectivity index (χ0v) is 7.64. The maximum Gasteiger partial charge on any atom is 0.534 e. The summed E-state index contributed by atoms with van der Waals surface area (Å²) in [4.78, 5) is 3.00. The van der Waals surface area contributed by atoms with Crippen LogP contribution in [-0.2, 0) is 10.1 Å². The predicted octanol–water partition coefficient (Wildman–Crippen LogP) is 1.45. The molecule has 0 radical (unpaired) electrons. The summed E-state index contributed by atoms with van der Waals surface area (Å²) in [6, 6.07) is 1.38. The van der Waals surface area contributed by atoms with Crippen molar-refractivity contribution in [3.05, 3.63) is 24.1 Å². The van der Waals surface area contributed by atoms with Crippen LogP contribution in [0.4, 0.5) is 17.6 Å². The Morgan fingerprint density at radius 3 is 2.27 bits per heavy atom. The quantitative estimate of drug-likeness (QED) is 0.449. The summed E-state index contributed by atoms with van der Waals surface area (Å²) in [5.74, 6) is -1.68. The first kappa shape index (κ1) is 11.7. The van der Waals surface area contributed by atoms with Crippen molar-refractivity contribution in [2.75, 3.05) is 0 Å². The van der Waals surface area contributed by atoms with E-state index in [2.05, 4.69) is 9.17 Å². The molecule has 1 heterocycles. The van der Waals surface area contributed by atoms with Crippen LogP contribution in [0.3, 0.4) is 0 Å². The van der Waals surface area contributed by atoms with Crippen molar-refractivity contribution in [3.63, 3.8) is 0 Å². The first-order chi connectivity index (χ1) is 6.72. The number of hydrogen-bond donors (Lipinski definition) is 0. The van der Waals surface area contributed by atoms with Crippen molar-refractivity contribution in [1.29, 1.82) is 0 Å². The lowest BCUT2D eigenvalue weighted by atomic mass is 10.5. The van der Waals surface area contributed by atoms with Gasteiger partial charge in [0.25, 0.3) is 0 Å². The molecule has 0 unspecified atom stereocenters. The molecule has 0 fully saturated rings. The summed E-state index contributed by atoms with van der Waals surface area (Å²) in [5.41, 5.74) is -5.54. The fourth-order valence-electron chi connectivity index (χ4n) is 0.571. The summed E-state index contributed by atoms with van der Waals surface area (Å²) >= 11 is 0. The van der Waals surface area contributed by atoms with Crippen molar-refractivity contribution in [3.8, 4) is 5.88 Å². The monoisotopic (exact) mass is 245 g/mol. The first-order valence-corrected chi connectivity index (χ1v) is 4.75. The van der Waals surface area contributed by atoms with E-state index >= 15 is 0 Å². The molecule has 0 aliphatic rings. The number of nitrogens with zero attached hydrogens (tertiary/aromatic N) is 1. The van der Waals surface area contributed by atoms with Gasteiger partial charge in [0, 0.05) is 6.07 Å². The predicted molar refractivity (Wildman–Crippen MR) is 39.8 cm³/mol. The van der Waals surface area contributed by atoms with Crippen molar-refractivity contribution in [1.82, 2.24) is 4.98 Å². The van der Waals surface area contributed by atoms with Crippen LogP contribution in [0.25, 0.3) is 0 Å². The first-order valence-electron chi connectivity index (χ1n) is 3.35. The Balaban J connectivity index is 2.93. The molecule has 0 N–H and O–H groups in total. The Morgan fingerprint density at radius 1 is 1.27 bits per heavy atom. The van der Waals surface area contributed by atoms with Gasteiger partial charge in [-0.1, -0.05) is 0 Å². The van der Waals surface area contributed by atoms with Crippen LogP contribution in [0.5, 0.6) is 5.88 Å². The van der Waals surface area contributed by atoms with Gasteiger partial charge in [-0.15, -0.1) is 0 Å². The van der Waals surface area contributed by atoms with E-state index in [-0.39, 0.29) is 0 Å². The van der Waals surface area contributed by atoms with E-state index in [1.165, 1.54) is 0 Å². The van der Waals surface area contributed by atoms with Gasteiger partial charge in [0.1, 0.15) is 5.82 Å². The second kappa shape index (κ2) is 3.65. The number of pyridine rings is 1. The summed E-state index contributed by atoms with van der Waals surface area (Å²) in [6.07, 6.45) is 0.529. The van der Waals surface area contributed by atoms with E-state index in [4.69, 9.17) is 0 Å². The molecule has 1 aromatic heterocycles. The van der Waals surface area contributed by atoms with E-state index in [9.17, 15) is 26.0 Å². The van der Waals surface area contributed by atoms with Crippen LogP contribution < -0.4 is 4.18 Å². The Bertz CT molecular complexity index is 438. The van der Waals surface area contributed by atoms with Gasteiger partial charge < -0.3 is 4.18 Å². The largest absolute Gasteiger partial charge is 0.534 e. The third-order valence-corrected chi connectivity index (χ3v) is 2.14. The summed E-state index contributed by atoms with van der Waals surface area (Å²) in [6.45, 7) is 0. The highest BCUT2D eigenvalue weighted by atomic mass is 32.2. The Hall–Kier alpha value is -1.38. The Morgan fingerprint density at radius 2 is 1.87 bits per heavy atom. The molecule has 0 saturated heterocycles. The van der Waals surface area contributed by atoms with E-state index in [1.807, 2.05) is 0 Å². The van der Waals surface area contributed by atoms with Gasteiger partial charge in [0.15, 0.2) is 0 Å². The fraction of sp³-hybridized carbons (Fsp3) is 0.167. The number of halogens is 4. The van der Waals surface area contributed by atoms with Crippen LogP contribution in [0.2, 0.25) is 0 Å². The van der Waals surface area contributed by atoms with Crippen molar-refractivity contribution >= 4 is 10.1 Å². The van der Waals surface area contributed by atoms with Gasteiger partial charge >= 0.3 is 15.6 Å². The normalized spacial score (nSPS) is 12.5. The summed E-state index contributed by atoms with van der Waals surface area (Å²) in [7, 11) is -5.75. The maximum absolute atomic E-state index is 12.3. The van der Waals surface area contributed by atoms with Gasteiger partial charge in [0.05, 0.1) is 6.20 Å². The topological polar surface area (TPSA) is 56.3 Å². The van der Waals surface area contributed by atoms with Gasteiger partial charge in [-0.25, -0.2) is 9.37 Å². The third kappa shape index (κ3) is 2.78. The molecular weight excluding hydrogens is 242 g/mol. The molecule has 0 atom stereocenters. The van der Waals surface area contributed by atoms with Crippen LogP contribution >= 0.6 is 0 Å². The van der Waals surface area contributed by atoms with Crippen molar-refractivity contribution < 1.29 is 30.2 Å². The highest BCUT2D eigenvalue weighted by molar-refractivity contribution is 7.87. The molecule has 0 aliphatic carbocycles. The third-order valence-electron chi connectivity index (χ3n) is 1.18. The SMILES string of the molecule is O=S(=O)(Oc1ccc(F)cn1)C(F)(F)F. The highest BCUT2D eigenvalue weighted by Gasteiger charge is 2.48. The average Bonchev–Trinajstić information content (AvgIpc) is 2.06. The Labute approximate surface area is 81.6 Å². The average molecular weight is 245 g/mol. The lowest BCUT2D eigenvalue weighted by molar-refractivity contribution is -0.0501. The second-order valence-electron chi connectivity index (χ2n) is 2.30. The van der Waals surface area contributed by atoms with E-state index in [0.717, 1.165) is 0 Å². The molecule has 4 nitrogen and oxygen atoms in total. The maximum atomic E-state index is 12.3. The molecule has 15 heavy (non-hydrogen) atoms. The molecule has 0 amide bonds. The molecule has 1 aromatic rings. The second-order valence-corrected chi connectivity index (χ2v) is 3.84. The lowest BCUT2D eigenvalue weighted by Gasteiger charge is -2.07. The van der Waals surface area contributed by atoms with Gasteiger partial charge in [-0.2, -0.15) is 21.6 Å². The lowest BCUT2D eigenvalue weighted by Crippen LogP contribution is -2.28. The van der Waals surface area contributed by atoms with Crippen molar-refractivity contribution in [2.45, 2.75) is 5.51 Å². The van der Waals surface area contributed by atoms with Crippen molar-refractivity contribution in [2.24, 2.45) is 0 Å². The van der Waals surface area contributed by atoms with E-state index in [0.29, 0.717) is 18.3 Å². The zero-order chi connectivity index (χ0) is 11.7. The molecule has 84 valence electrons. The van der Waals surface area contributed by atoms with Crippen LogP contribution in [0.15, 0.2) is 18.3 Å². The fourth-order valence-corrected chi connectivity index (χ4v) is 0.989.